The number of nitrogens with zero attached hydrogens (tertiary/aromatic N) is 1. The summed E-state index contributed by atoms with van der Waals surface area (Å²) in [5, 5.41) is 13.2. The van der Waals surface area contributed by atoms with Crippen molar-refractivity contribution < 1.29 is 19.1 Å². The van der Waals surface area contributed by atoms with Gasteiger partial charge in [-0.05, 0) is 47.8 Å². The Kier molecular flexibility index (Phi) is 4.59. The van der Waals surface area contributed by atoms with Crippen molar-refractivity contribution in [3.63, 3.8) is 0 Å². The summed E-state index contributed by atoms with van der Waals surface area (Å²) in [5.41, 5.74) is 0.416. The zero-order valence-corrected chi connectivity index (χ0v) is 15.5. The van der Waals surface area contributed by atoms with Crippen molar-refractivity contribution in [2.24, 2.45) is 0 Å². The quantitative estimate of drug-likeness (QED) is 0.395. The number of aliphatic hydroxyl groups excluding tert-OH is 1. The molecule has 0 spiro atoms. The number of ketones is 1. The van der Waals surface area contributed by atoms with Gasteiger partial charge in [0.05, 0.1) is 18.4 Å². The van der Waals surface area contributed by atoms with Crippen LogP contribution in [0.2, 0.25) is 5.02 Å². The first kappa shape index (κ1) is 17.6. The molecule has 7 heteroatoms. The van der Waals surface area contributed by atoms with E-state index in [0.29, 0.717) is 16.3 Å². The van der Waals surface area contributed by atoms with E-state index in [1.807, 2.05) is 17.5 Å². The summed E-state index contributed by atoms with van der Waals surface area (Å²) < 4.78 is 5.49. The van der Waals surface area contributed by atoms with Crippen molar-refractivity contribution in [3.05, 3.63) is 87.0 Å². The van der Waals surface area contributed by atoms with Gasteiger partial charge in [0.25, 0.3) is 11.7 Å². The first-order valence-corrected chi connectivity index (χ1v) is 9.42. The summed E-state index contributed by atoms with van der Waals surface area (Å²) in [4.78, 5) is 27.8. The topological polar surface area (TPSA) is 70.8 Å². The maximum absolute atomic E-state index is 12.8. The molecule has 1 unspecified atom stereocenters. The second-order valence-corrected chi connectivity index (χ2v) is 7.50. The average Bonchev–Trinajstić information content (AvgIpc) is 3.40. The SMILES string of the molecule is O=C1C(=O)N(Cc2cccs2)C(c2ccco2)/C1=C(/O)c1ccc(Cl)cc1. The van der Waals surface area contributed by atoms with Crippen LogP contribution in [0, 0.1) is 0 Å². The maximum atomic E-state index is 12.8. The lowest BCUT2D eigenvalue weighted by molar-refractivity contribution is -0.140. The fraction of sp³-hybridized carbons (Fsp3) is 0.100. The van der Waals surface area contributed by atoms with Gasteiger partial charge in [-0.2, -0.15) is 0 Å². The monoisotopic (exact) mass is 399 g/mol. The van der Waals surface area contributed by atoms with E-state index < -0.39 is 17.7 Å². The number of amides is 1. The Bertz CT molecular complexity index is 1010. The Balaban J connectivity index is 1.83. The molecule has 1 saturated heterocycles. The largest absolute Gasteiger partial charge is 0.507 e. The van der Waals surface area contributed by atoms with Crippen LogP contribution in [0.3, 0.4) is 0 Å². The molecular weight excluding hydrogens is 386 g/mol. The minimum atomic E-state index is -0.794. The number of aliphatic hydroxyl groups is 1. The minimum Gasteiger partial charge on any atom is -0.507 e. The number of Topliss-reactive ketones (excluding diaryl/α,β-unsaturated/α-hetero) is 1. The van der Waals surface area contributed by atoms with E-state index >= 15 is 0 Å². The number of carbonyl (C=O) groups excluding carboxylic acids is 2. The molecule has 1 aliphatic heterocycles. The zero-order valence-electron chi connectivity index (χ0n) is 14.0. The van der Waals surface area contributed by atoms with Crippen LogP contribution in [-0.4, -0.2) is 21.7 Å². The Morgan fingerprint density at radius 2 is 1.93 bits per heavy atom. The molecule has 1 aromatic carbocycles. The highest BCUT2D eigenvalue weighted by molar-refractivity contribution is 7.09. The Morgan fingerprint density at radius 1 is 1.15 bits per heavy atom. The number of likely N-dealkylation sites (tertiary alicyclic amines) is 1. The molecule has 1 fully saturated rings. The lowest BCUT2D eigenvalue weighted by atomic mass is 9.99. The van der Waals surface area contributed by atoms with Gasteiger partial charge in [-0.15, -0.1) is 11.3 Å². The number of hydrogen-bond acceptors (Lipinski definition) is 5. The molecule has 2 aromatic heterocycles. The third kappa shape index (κ3) is 3.18. The first-order valence-electron chi connectivity index (χ1n) is 8.16. The van der Waals surface area contributed by atoms with Crippen LogP contribution < -0.4 is 0 Å². The Hall–Kier alpha value is -2.83. The molecule has 4 rings (SSSR count). The molecule has 0 bridgehead atoms. The predicted octanol–water partition coefficient (Wildman–Crippen LogP) is 4.62. The molecule has 1 N–H and O–H groups in total. The molecule has 0 aliphatic carbocycles. The van der Waals surface area contributed by atoms with Crippen LogP contribution in [0.1, 0.15) is 22.2 Å². The standard InChI is InChI=1S/C20H14ClNO4S/c21-13-7-5-12(6-8-13)18(23)16-17(15-4-1-9-26-15)22(20(25)19(16)24)11-14-3-2-10-27-14/h1-10,17,23H,11H2/b18-16-. The molecule has 1 atom stereocenters. The first-order chi connectivity index (χ1) is 13.1. The lowest BCUT2D eigenvalue weighted by Crippen LogP contribution is -2.28. The summed E-state index contributed by atoms with van der Waals surface area (Å²) in [6.45, 7) is 0.255. The number of rotatable bonds is 4. The second-order valence-electron chi connectivity index (χ2n) is 6.03. The van der Waals surface area contributed by atoms with Crippen LogP contribution in [0.15, 0.2) is 70.2 Å². The van der Waals surface area contributed by atoms with Crippen LogP contribution >= 0.6 is 22.9 Å². The van der Waals surface area contributed by atoms with E-state index in [0.717, 1.165) is 4.88 Å². The smallest absolute Gasteiger partial charge is 0.296 e. The van der Waals surface area contributed by atoms with Crippen molar-refractivity contribution in [1.82, 2.24) is 4.90 Å². The van der Waals surface area contributed by atoms with Gasteiger partial charge in [0.1, 0.15) is 17.6 Å². The number of carbonyl (C=O) groups is 2. The molecule has 27 heavy (non-hydrogen) atoms. The number of furan rings is 1. The van der Waals surface area contributed by atoms with Gasteiger partial charge in [-0.1, -0.05) is 17.7 Å². The van der Waals surface area contributed by atoms with Crippen molar-refractivity contribution in [3.8, 4) is 0 Å². The van der Waals surface area contributed by atoms with Crippen LogP contribution in [0.5, 0.6) is 0 Å². The van der Waals surface area contributed by atoms with Crippen molar-refractivity contribution in [2.75, 3.05) is 0 Å². The van der Waals surface area contributed by atoms with Gasteiger partial charge >= 0.3 is 0 Å². The van der Waals surface area contributed by atoms with E-state index in [1.54, 1.807) is 36.4 Å². The van der Waals surface area contributed by atoms with E-state index in [4.69, 9.17) is 16.0 Å². The summed E-state index contributed by atoms with van der Waals surface area (Å²) in [6.07, 6.45) is 1.48. The number of halogens is 1. The van der Waals surface area contributed by atoms with Crippen molar-refractivity contribution in [2.45, 2.75) is 12.6 Å². The fourth-order valence-electron chi connectivity index (χ4n) is 3.12. The van der Waals surface area contributed by atoms with Gasteiger partial charge in [0, 0.05) is 15.5 Å². The minimum absolute atomic E-state index is 0.00817. The molecule has 5 nitrogen and oxygen atoms in total. The second kappa shape index (κ2) is 7.06. The van der Waals surface area contributed by atoms with Crippen molar-refractivity contribution >= 4 is 40.4 Å². The average molecular weight is 400 g/mol. The fourth-order valence-corrected chi connectivity index (χ4v) is 3.95. The summed E-state index contributed by atoms with van der Waals surface area (Å²) in [5.74, 6) is -1.23. The third-order valence-electron chi connectivity index (χ3n) is 4.38. The molecule has 3 aromatic rings. The predicted molar refractivity (Wildman–Crippen MR) is 102 cm³/mol. The van der Waals surface area contributed by atoms with Crippen LogP contribution in [0.25, 0.3) is 5.76 Å². The molecular formula is C20H14ClNO4S. The van der Waals surface area contributed by atoms with E-state index in [1.165, 1.54) is 22.5 Å². The van der Waals surface area contributed by atoms with Gasteiger partial charge in [-0.3, -0.25) is 9.59 Å². The summed E-state index contributed by atoms with van der Waals surface area (Å²) in [7, 11) is 0. The van der Waals surface area contributed by atoms with E-state index in [9.17, 15) is 14.7 Å². The molecule has 0 radical (unpaired) electrons. The highest BCUT2D eigenvalue weighted by atomic mass is 35.5. The summed E-state index contributed by atoms with van der Waals surface area (Å²) >= 11 is 7.39. The van der Waals surface area contributed by atoms with E-state index in [2.05, 4.69) is 0 Å². The van der Waals surface area contributed by atoms with Gasteiger partial charge in [0.15, 0.2) is 0 Å². The molecule has 1 aliphatic rings. The number of benzene rings is 1. The van der Waals surface area contributed by atoms with E-state index in [-0.39, 0.29) is 17.9 Å². The Labute approximate surface area is 164 Å². The third-order valence-corrected chi connectivity index (χ3v) is 5.49. The van der Waals surface area contributed by atoms with Gasteiger partial charge in [-0.25, -0.2) is 0 Å². The van der Waals surface area contributed by atoms with Gasteiger partial charge in [0.2, 0.25) is 0 Å². The molecule has 3 heterocycles. The molecule has 136 valence electrons. The molecule has 0 saturated carbocycles. The maximum Gasteiger partial charge on any atom is 0.296 e. The van der Waals surface area contributed by atoms with Crippen LogP contribution in [-0.2, 0) is 16.1 Å². The molecule has 1 amide bonds. The van der Waals surface area contributed by atoms with Gasteiger partial charge < -0.3 is 14.4 Å². The highest BCUT2D eigenvalue weighted by Crippen LogP contribution is 2.40. The summed E-state index contributed by atoms with van der Waals surface area (Å²) in [6, 6.07) is 12.8. The Morgan fingerprint density at radius 3 is 2.56 bits per heavy atom. The lowest BCUT2D eigenvalue weighted by Gasteiger charge is -2.22. The van der Waals surface area contributed by atoms with Crippen molar-refractivity contribution in [1.29, 1.82) is 0 Å². The van der Waals surface area contributed by atoms with Crippen LogP contribution in [0.4, 0.5) is 0 Å². The number of thiophene rings is 1. The highest BCUT2D eigenvalue weighted by Gasteiger charge is 2.47. The number of hydrogen-bond donors (Lipinski definition) is 1. The normalized spacial score (nSPS) is 19.0. The zero-order chi connectivity index (χ0) is 19.0.